The van der Waals surface area contributed by atoms with Crippen LogP contribution >= 0.6 is 56.9 Å². The van der Waals surface area contributed by atoms with E-state index in [1.807, 2.05) is 0 Å². The van der Waals surface area contributed by atoms with Gasteiger partial charge in [-0.2, -0.15) is 0 Å². The first kappa shape index (κ1) is 17.2. The topological polar surface area (TPSA) is 57.5 Å². The van der Waals surface area contributed by atoms with Gasteiger partial charge in [0.05, 0.1) is 0 Å². The van der Waals surface area contributed by atoms with Crippen LogP contribution in [0.25, 0.3) is 0 Å². The second-order valence-corrected chi connectivity index (χ2v) is 7.47. The fourth-order valence-corrected chi connectivity index (χ4v) is 3.47. The van der Waals surface area contributed by atoms with Crippen molar-refractivity contribution in [3.8, 4) is 0 Å². The van der Waals surface area contributed by atoms with Crippen LogP contribution in [0.4, 0.5) is 0 Å². The molecule has 0 aromatic carbocycles. The average Bonchev–Trinajstić information content (AvgIpc) is 2.25. The highest BCUT2D eigenvalue weighted by Crippen LogP contribution is 2.20. The van der Waals surface area contributed by atoms with Crippen molar-refractivity contribution in [2.75, 3.05) is 10.2 Å². The molecule has 3 nitrogen and oxygen atoms in total. The molecule has 0 aliphatic rings. The maximum atomic E-state index is 10.4. The van der Waals surface area contributed by atoms with Crippen LogP contribution < -0.4 is 0 Å². The van der Waals surface area contributed by atoms with Crippen molar-refractivity contribution in [1.29, 1.82) is 0 Å². The third-order valence-corrected chi connectivity index (χ3v) is 5.58. The third-order valence-electron chi connectivity index (χ3n) is 2.05. The number of halogens is 2. The van der Waals surface area contributed by atoms with Crippen LogP contribution in [0.2, 0.25) is 0 Å². The van der Waals surface area contributed by atoms with E-state index >= 15 is 0 Å². The molecule has 0 spiro atoms. The van der Waals surface area contributed by atoms with Gasteiger partial charge in [0.1, 0.15) is 0 Å². The van der Waals surface area contributed by atoms with Crippen LogP contribution in [0.3, 0.4) is 0 Å². The number of carbonyl (C=O) groups is 1. The number of thioether (sulfide) groups is 1. The number of hydrogen-bond donors (Lipinski definition) is 2. The van der Waals surface area contributed by atoms with Gasteiger partial charge in [0.15, 0.2) is 5.44 Å². The Bertz CT molecular complexity index is 193. The summed E-state index contributed by atoms with van der Waals surface area (Å²) in [6, 6.07) is 0. The van der Waals surface area contributed by atoms with Crippen LogP contribution in [0.15, 0.2) is 0 Å². The molecule has 0 heterocycles. The Hall–Kier alpha value is 1.24. The Balaban J connectivity index is 3.37. The summed E-state index contributed by atoms with van der Waals surface area (Å²) in [4.78, 5) is 10.4. The molecule has 2 N–H and O–H groups in total. The zero-order chi connectivity index (χ0) is 12.4. The smallest absolute Gasteiger partial charge is 0.343 e. The number of rotatable bonds is 10. The lowest BCUT2D eigenvalue weighted by Gasteiger charge is -2.10. The molecule has 2 unspecified atom stereocenters. The van der Waals surface area contributed by atoms with Crippen LogP contribution in [-0.2, 0) is 4.79 Å². The number of carboxylic acids is 1. The Kier molecular flexibility index (Phi) is 12.2. The van der Waals surface area contributed by atoms with Gasteiger partial charge in [0, 0.05) is 9.68 Å². The summed E-state index contributed by atoms with van der Waals surface area (Å²) in [7, 11) is 0. The van der Waals surface area contributed by atoms with Crippen LogP contribution in [0.1, 0.15) is 32.1 Å². The van der Waals surface area contributed by atoms with E-state index in [0.29, 0.717) is 9.68 Å². The molecule has 0 aromatic heterocycles. The van der Waals surface area contributed by atoms with E-state index in [0.717, 1.165) is 18.2 Å². The molecule has 96 valence electrons. The van der Waals surface area contributed by atoms with Crippen molar-refractivity contribution in [3.05, 3.63) is 0 Å². The molecule has 0 aliphatic carbocycles. The number of aliphatic hydroxyl groups is 1. The first-order chi connectivity index (χ1) is 7.57. The van der Waals surface area contributed by atoms with E-state index in [2.05, 4.69) is 45.2 Å². The predicted molar refractivity (Wildman–Crippen MR) is 85.9 cm³/mol. The molecule has 0 fully saturated rings. The molecule has 16 heavy (non-hydrogen) atoms. The first-order valence-electron chi connectivity index (χ1n) is 5.30. The minimum absolute atomic E-state index is 0.455. The normalized spacial score (nSPS) is 14.7. The summed E-state index contributed by atoms with van der Waals surface area (Å²) < 4.78 is 1.68. The fraction of sp³-hybridized carbons (Fsp3) is 0.900. The van der Waals surface area contributed by atoms with Crippen molar-refractivity contribution < 1.29 is 15.0 Å². The number of aliphatic carboxylic acids is 1. The molecule has 0 aliphatic heterocycles. The van der Waals surface area contributed by atoms with Crippen molar-refractivity contribution in [2.45, 2.75) is 41.5 Å². The van der Waals surface area contributed by atoms with Gasteiger partial charge >= 0.3 is 5.97 Å². The first-order valence-corrected chi connectivity index (χ1v) is 9.12. The van der Waals surface area contributed by atoms with E-state index in [1.54, 1.807) is 0 Å². The molecule has 0 amide bonds. The summed E-state index contributed by atoms with van der Waals surface area (Å²) in [5, 5.41) is 17.6. The molecule has 6 heteroatoms. The van der Waals surface area contributed by atoms with Gasteiger partial charge in [-0.3, -0.25) is 0 Å². The molecule has 0 radical (unpaired) electrons. The number of hydrogen-bond acceptors (Lipinski definition) is 3. The van der Waals surface area contributed by atoms with E-state index in [9.17, 15) is 4.79 Å². The van der Waals surface area contributed by atoms with Gasteiger partial charge in [-0.25, -0.2) is 4.79 Å². The highest BCUT2D eigenvalue weighted by Gasteiger charge is 2.15. The maximum absolute atomic E-state index is 10.4. The molecule has 0 bridgehead atoms. The molecule has 2 atom stereocenters. The van der Waals surface area contributed by atoms with E-state index in [4.69, 9.17) is 10.2 Å². The van der Waals surface area contributed by atoms with Gasteiger partial charge in [-0.05, 0) is 17.3 Å². The lowest BCUT2D eigenvalue weighted by Crippen LogP contribution is -2.17. The van der Waals surface area contributed by atoms with Gasteiger partial charge in [0.2, 0.25) is 0 Å². The van der Waals surface area contributed by atoms with Crippen LogP contribution in [0, 0.1) is 0 Å². The molecule has 0 aromatic rings. The Morgan fingerprint density at radius 2 is 1.88 bits per heavy atom. The summed E-state index contributed by atoms with van der Waals surface area (Å²) in [5.74, 6) is -0.434. The van der Waals surface area contributed by atoms with E-state index < -0.39 is 11.4 Å². The fourth-order valence-electron chi connectivity index (χ4n) is 1.16. The van der Waals surface area contributed by atoms with Gasteiger partial charge in [0.25, 0.3) is 0 Å². The second-order valence-electron chi connectivity index (χ2n) is 3.51. The summed E-state index contributed by atoms with van der Waals surface area (Å²) in [6.45, 7) is 0. The lowest BCUT2D eigenvalue weighted by molar-refractivity contribution is -0.141. The van der Waals surface area contributed by atoms with Crippen molar-refractivity contribution in [2.24, 2.45) is 0 Å². The zero-order valence-corrected chi connectivity index (χ0v) is 14.2. The molecule has 0 saturated carbocycles. The molecular weight excluding hydrogens is 454 g/mol. The largest absolute Gasteiger partial charge is 0.479 e. The molecular formula is C10H18I2O3S. The number of unbranched alkanes of at least 4 members (excludes halogenated alkanes) is 3. The Morgan fingerprint density at radius 3 is 2.44 bits per heavy atom. The van der Waals surface area contributed by atoms with E-state index in [1.165, 1.54) is 30.1 Å². The highest BCUT2D eigenvalue weighted by atomic mass is 127. The highest BCUT2D eigenvalue weighted by molar-refractivity contribution is 14.1. The van der Waals surface area contributed by atoms with Gasteiger partial charge in [-0.1, -0.05) is 64.4 Å². The molecule has 0 saturated heterocycles. The standard InChI is InChI=1S/C10H18I2O3S/c11-6-4-2-1-3-5-8(12)7-16-10(15)9(13)14/h8,10,15H,1-7H2,(H,13,14). The summed E-state index contributed by atoms with van der Waals surface area (Å²) in [6.07, 6.45) is 6.15. The van der Waals surface area contributed by atoms with Crippen molar-refractivity contribution >= 4 is 62.9 Å². The number of aliphatic hydroxyl groups excluding tert-OH is 1. The van der Waals surface area contributed by atoms with Crippen LogP contribution in [0.5, 0.6) is 0 Å². The monoisotopic (exact) mass is 472 g/mol. The minimum atomic E-state index is -1.27. The maximum Gasteiger partial charge on any atom is 0.343 e. The third kappa shape index (κ3) is 10.4. The van der Waals surface area contributed by atoms with Crippen molar-refractivity contribution in [3.63, 3.8) is 0 Å². The number of carboxylic acid groups (broad SMARTS) is 1. The Morgan fingerprint density at radius 1 is 1.25 bits per heavy atom. The van der Waals surface area contributed by atoms with Gasteiger partial charge in [-0.15, -0.1) is 11.8 Å². The lowest BCUT2D eigenvalue weighted by atomic mass is 10.1. The zero-order valence-electron chi connectivity index (χ0n) is 9.07. The van der Waals surface area contributed by atoms with Crippen molar-refractivity contribution in [1.82, 2.24) is 0 Å². The van der Waals surface area contributed by atoms with E-state index in [-0.39, 0.29) is 0 Å². The quantitative estimate of drug-likeness (QED) is 0.222. The average molecular weight is 472 g/mol. The van der Waals surface area contributed by atoms with Crippen LogP contribution in [-0.4, -0.2) is 35.7 Å². The second kappa shape index (κ2) is 11.3. The van der Waals surface area contributed by atoms with Gasteiger partial charge < -0.3 is 10.2 Å². The predicted octanol–water partition coefficient (Wildman–Crippen LogP) is 3.31. The summed E-state index contributed by atoms with van der Waals surface area (Å²) >= 11 is 5.83. The Labute approximate surface area is 128 Å². The SMILES string of the molecule is O=C(O)C(O)SCC(I)CCCCCCI. The number of alkyl halides is 2. The molecule has 0 rings (SSSR count). The summed E-state index contributed by atoms with van der Waals surface area (Å²) in [5.41, 5.74) is -1.27. The minimum Gasteiger partial charge on any atom is -0.479 e.